The predicted octanol–water partition coefficient (Wildman–Crippen LogP) is 3.45. The van der Waals surface area contributed by atoms with E-state index in [1.165, 1.54) is 6.07 Å². The number of aldehydes is 1. The van der Waals surface area contributed by atoms with E-state index in [1.54, 1.807) is 6.92 Å². The number of hydrogen-bond acceptors (Lipinski definition) is 2. The average molecular weight is 254 g/mol. The lowest BCUT2D eigenvalue weighted by atomic mass is 9.97. The number of ether oxygens (including phenoxy) is 1. The van der Waals surface area contributed by atoms with Crippen molar-refractivity contribution >= 4 is 6.29 Å². The van der Waals surface area contributed by atoms with E-state index in [2.05, 4.69) is 0 Å². The molecule has 0 bridgehead atoms. The summed E-state index contributed by atoms with van der Waals surface area (Å²) in [7, 11) is 0. The van der Waals surface area contributed by atoms with Gasteiger partial charge in [0.25, 0.3) is 0 Å². The number of benzene rings is 1. The van der Waals surface area contributed by atoms with Gasteiger partial charge in [0, 0.05) is 18.1 Å². The van der Waals surface area contributed by atoms with Gasteiger partial charge in [-0.3, -0.25) is 0 Å². The number of carbonyl (C=O) groups excluding carboxylic acids is 1. The second-order valence-corrected chi connectivity index (χ2v) is 4.86. The molecule has 0 saturated heterocycles. The average Bonchev–Trinajstić information content (AvgIpc) is 3.11. The van der Waals surface area contributed by atoms with Crippen molar-refractivity contribution in [2.45, 2.75) is 32.1 Å². The normalized spacial score (nSPS) is 16.4. The van der Waals surface area contributed by atoms with Crippen molar-refractivity contribution in [1.29, 1.82) is 0 Å². The van der Waals surface area contributed by atoms with E-state index >= 15 is 0 Å². The van der Waals surface area contributed by atoms with Crippen LogP contribution >= 0.6 is 0 Å². The number of rotatable bonds is 6. The maximum atomic E-state index is 13.7. The van der Waals surface area contributed by atoms with Gasteiger partial charge >= 0.3 is 0 Å². The lowest BCUT2D eigenvalue weighted by Crippen LogP contribution is -2.07. The topological polar surface area (TPSA) is 26.3 Å². The fourth-order valence-corrected chi connectivity index (χ4v) is 1.86. The molecule has 1 atom stereocenters. The first-order valence-electron chi connectivity index (χ1n) is 6.17. The van der Waals surface area contributed by atoms with Gasteiger partial charge in [0.2, 0.25) is 0 Å². The molecule has 2 nitrogen and oxygen atoms in total. The van der Waals surface area contributed by atoms with Gasteiger partial charge in [-0.1, -0.05) is 6.92 Å². The fraction of sp³-hybridized carbons (Fsp3) is 0.500. The first kappa shape index (κ1) is 13.0. The Bertz CT molecular complexity index is 442. The molecule has 0 aliphatic heterocycles. The molecular formula is C14H16F2O2. The van der Waals surface area contributed by atoms with Crippen LogP contribution in [0.25, 0.3) is 0 Å². The Morgan fingerprint density at radius 2 is 2.17 bits per heavy atom. The molecule has 0 heterocycles. The Balaban J connectivity index is 2.24. The van der Waals surface area contributed by atoms with Crippen molar-refractivity contribution in [2.24, 2.45) is 5.92 Å². The van der Waals surface area contributed by atoms with Crippen LogP contribution in [0.15, 0.2) is 12.1 Å². The second-order valence-electron chi connectivity index (χ2n) is 4.86. The zero-order chi connectivity index (χ0) is 13.1. The third-order valence-electron chi connectivity index (χ3n) is 3.18. The summed E-state index contributed by atoms with van der Waals surface area (Å²) in [6, 6.07) is 2.07. The Morgan fingerprint density at radius 1 is 1.44 bits per heavy atom. The number of hydrogen-bond donors (Lipinski definition) is 0. The van der Waals surface area contributed by atoms with E-state index in [9.17, 15) is 13.6 Å². The van der Waals surface area contributed by atoms with Crippen molar-refractivity contribution in [3.8, 4) is 5.75 Å². The lowest BCUT2D eigenvalue weighted by Gasteiger charge is -2.16. The largest absolute Gasteiger partial charge is 0.490 e. The summed E-state index contributed by atoms with van der Waals surface area (Å²) in [6.07, 6.45) is 3.17. The highest BCUT2D eigenvalue weighted by atomic mass is 19.1. The Labute approximate surface area is 105 Å². The van der Waals surface area contributed by atoms with Crippen LogP contribution in [0, 0.1) is 17.6 Å². The molecule has 4 heteroatoms. The van der Waals surface area contributed by atoms with E-state index in [4.69, 9.17) is 4.74 Å². The molecular weight excluding hydrogens is 238 g/mol. The molecule has 0 spiro atoms. The molecule has 0 radical (unpaired) electrons. The molecule has 0 N–H and O–H groups in total. The van der Waals surface area contributed by atoms with E-state index in [-0.39, 0.29) is 18.1 Å². The third-order valence-corrected chi connectivity index (χ3v) is 3.18. The smallest absolute Gasteiger partial charge is 0.168 e. The summed E-state index contributed by atoms with van der Waals surface area (Å²) in [6.45, 7) is 2.22. The summed E-state index contributed by atoms with van der Waals surface area (Å²) in [5, 5.41) is 0. The number of carbonyl (C=O) groups is 1. The minimum atomic E-state index is -0.691. The van der Waals surface area contributed by atoms with Crippen LogP contribution < -0.4 is 4.74 Å². The van der Waals surface area contributed by atoms with Crippen LogP contribution in [0.3, 0.4) is 0 Å². The van der Waals surface area contributed by atoms with Crippen molar-refractivity contribution in [1.82, 2.24) is 0 Å². The van der Waals surface area contributed by atoms with Crippen LogP contribution in [0.1, 0.15) is 37.7 Å². The van der Waals surface area contributed by atoms with Crippen molar-refractivity contribution < 1.29 is 18.3 Å². The van der Waals surface area contributed by atoms with Gasteiger partial charge < -0.3 is 9.53 Å². The van der Waals surface area contributed by atoms with E-state index in [0.717, 1.165) is 25.2 Å². The van der Waals surface area contributed by atoms with Gasteiger partial charge in [-0.25, -0.2) is 8.78 Å². The summed E-state index contributed by atoms with van der Waals surface area (Å²) < 4.78 is 32.4. The number of halogens is 2. The van der Waals surface area contributed by atoms with Crippen molar-refractivity contribution in [2.75, 3.05) is 6.61 Å². The van der Waals surface area contributed by atoms with Crippen LogP contribution in [0.2, 0.25) is 0 Å². The van der Waals surface area contributed by atoms with Gasteiger partial charge in [-0.05, 0) is 30.7 Å². The molecule has 98 valence electrons. The first-order chi connectivity index (χ1) is 8.61. The van der Waals surface area contributed by atoms with Crippen molar-refractivity contribution in [3.05, 3.63) is 29.3 Å². The van der Waals surface area contributed by atoms with E-state index in [0.29, 0.717) is 18.1 Å². The molecule has 1 aromatic carbocycles. The third kappa shape index (κ3) is 3.06. The Kier molecular flexibility index (Phi) is 3.94. The Morgan fingerprint density at radius 3 is 2.78 bits per heavy atom. The van der Waals surface area contributed by atoms with E-state index < -0.39 is 11.6 Å². The monoisotopic (exact) mass is 254 g/mol. The first-order valence-corrected chi connectivity index (χ1v) is 6.17. The van der Waals surface area contributed by atoms with Crippen LogP contribution in [-0.4, -0.2) is 12.9 Å². The van der Waals surface area contributed by atoms with Crippen LogP contribution in [0.5, 0.6) is 5.75 Å². The Hall–Kier alpha value is -1.45. The predicted molar refractivity (Wildman–Crippen MR) is 63.7 cm³/mol. The van der Waals surface area contributed by atoms with Gasteiger partial charge in [-0.2, -0.15) is 0 Å². The van der Waals surface area contributed by atoms with Crippen molar-refractivity contribution in [3.63, 3.8) is 0 Å². The maximum absolute atomic E-state index is 13.7. The molecule has 0 amide bonds. The lowest BCUT2D eigenvalue weighted by molar-refractivity contribution is -0.108. The van der Waals surface area contributed by atoms with Crippen LogP contribution in [0.4, 0.5) is 8.78 Å². The van der Waals surface area contributed by atoms with Crippen LogP contribution in [-0.2, 0) is 4.79 Å². The molecule has 0 aromatic heterocycles. The van der Waals surface area contributed by atoms with Gasteiger partial charge in [0.15, 0.2) is 11.6 Å². The molecule has 1 unspecified atom stereocenters. The van der Waals surface area contributed by atoms with Gasteiger partial charge in [-0.15, -0.1) is 0 Å². The second kappa shape index (κ2) is 5.46. The highest BCUT2D eigenvalue weighted by Gasteiger charge is 2.24. The summed E-state index contributed by atoms with van der Waals surface area (Å²) in [4.78, 5) is 10.5. The zero-order valence-corrected chi connectivity index (χ0v) is 10.3. The SMILES string of the molecule is CC(CC=O)c1cc(F)cc(F)c1OCC1CC1. The molecule has 1 aromatic rings. The highest BCUT2D eigenvalue weighted by molar-refractivity contribution is 5.53. The minimum Gasteiger partial charge on any atom is -0.490 e. The summed E-state index contributed by atoms with van der Waals surface area (Å²) in [5.74, 6) is -0.995. The zero-order valence-electron chi connectivity index (χ0n) is 10.3. The summed E-state index contributed by atoms with van der Waals surface area (Å²) in [5.41, 5.74) is 0.431. The molecule has 2 rings (SSSR count). The summed E-state index contributed by atoms with van der Waals surface area (Å²) >= 11 is 0. The van der Waals surface area contributed by atoms with Gasteiger partial charge in [0.05, 0.1) is 6.61 Å². The fourth-order valence-electron chi connectivity index (χ4n) is 1.86. The minimum absolute atomic E-state index is 0.0950. The molecule has 1 fully saturated rings. The maximum Gasteiger partial charge on any atom is 0.168 e. The highest BCUT2D eigenvalue weighted by Crippen LogP contribution is 2.35. The quantitative estimate of drug-likeness (QED) is 0.727. The standard InChI is InChI=1S/C14H16F2O2/c1-9(4-5-17)12-6-11(15)7-13(16)14(12)18-8-10-2-3-10/h5-7,9-10H,2-4,8H2,1H3. The molecule has 18 heavy (non-hydrogen) atoms. The van der Waals surface area contributed by atoms with Gasteiger partial charge in [0.1, 0.15) is 12.1 Å². The molecule has 1 saturated carbocycles. The molecule has 1 aliphatic rings. The van der Waals surface area contributed by atoms with E-state index in [1.807, 2.05) is 0 Å². The molecule has 1 aliphatic carbocycles.